The lowest BCUT2D eigenvalue weighted by Gasteiger charge is -2.30. The standard InChI is InChI=1S/C43H54N4O10/c1-43(2,3)56-37(49)29-47(4,5)24-11-12-36(48)54-26-10-9-25-53-33-20-18-31(19-21-33)30-14-16-32(17-15-30)40-41(52-6)39(34-28-46(51)23-22-35(34)44-40)42(50)45-57-38-13-7-8-27-55-38/h14-23,28,38H,7-13,24-27,29H2,1-6H3/p+1. The second-order valence-electron chi connectivity index (χ2n) is 15.7. The number of nitrogens with zero attached hydrogens (tertiary/aromatic N) is 3. The number of hydroxylamine groups is 1. The first-order valence-electron chi connectivity index (χ1n) is 19.4. The van der Waals surface area contributed by atoms with E-state index >= 15 is 0 Å². The average molecular weight is 788 g/mol. The van der Waals surface area contributed by atoms with E-state index in [1.54, 1.807) is 6.07 Å². The summed E-state index contributed by atoms with van der Waals surface area (Å²) in [6.07, 6.45) is 6.92. The first-order valence-corrected chi connectivity index (χ1v) is 19.4. The molecular formula is C43H55N4O10+. The fourth-order valence-electron chi connectivity index (χ4n) is 6.44. The van der Waals surface area contributed by atoms with Crippen molar-refractivity contribution < 1.29 is 52.1 Å². The zero-order valence-corrected chi connectivity index (χ0v) is 33.8. The van der Waals surface area contributed by atoms with Crippen molar-refractivity contribution in [3.63, 3.8) is 0 Å². The Morgan fingerprint density at radius 3 is 2.28 bits per heavy atom. The van der Waals surface area contributed by atoms with Gasteiger partial charge in [0.2, 0.25) is 0 Å². The zero-order valence-electron chi connectivity index (χ0n) is 33.8. The molecule has 0 bridgehead atoms. The van der Waals surface area contributed by atoms with Gasteiger partial charge in [-0.15, -0.1) is 0 Å². The molecule has 1 aliphatic heterocycles. The summed E-state index contributed by atoms with van der Waals surface area (Å²) in [6, 6.07) is 17.1. The Balaban J connectivity index is 1.10. The smallest absolute Gasteiger partial charge is 0.362 e. The van der Waals surface area contributed by atoms with Gasteiger partial charge in [0.05, 0.1) is 58.3 Å². The number of unbranched alkanes of at least 4 members (excludes halogenated alkanes) is 1. The van der Waals surface area contributed by atoms with Crippen LogP contribution in [0.25, 0.3) is 33.3 Å². The molecule has 1 amide bonds. The van der Waals surface area contributed by atoms with Gasteiger partial charge in [-0.3, -0.25) is 9.59 Å². The summed E-state index contributed by atoms with van der Waals surface area (Å²) in [5.74, 6) is -0.141. The summed E-state index contributed by atoms with van der Waals surface area (Å²) in [5.41, 5.74) is 5.64. The van der Waals surface area contributed by atoms with Crippen molar-refractivity contribution in [1.29, 1.82) is 0 Å². The fourth-order valence-corrected chi connectivity index (χ4v) is 6.44. The molecule has 0 radical (unpaired) electrons. The Morgan fingerprint density at radius 1 is 0.930 bits per heavy atom. The van der Waals surface area contributed by atoms with Gasteiger partial charge in [-0.05, 0) is 69.7 Å². The molecule has 1 saturated heterocycles. The van der Waals surface area contributed by atoms with E-state index in [1.807, 2.05) is 83.4 Å². The second-order valence-corrected chi connectivity index (χ2v) is 15.7. The minimum Gasteiger partial charge on any atom is -0.619 e. The maximum Gasteiger partial charge on any atom is 0.362 e. The van der Waals surface area contributed by atoms with Gasteiger partial charge in [0.15, 0.2) is 31.0 Å². The minimum atomic E-state index is -0.580. The molecule has 1 aliphatic rings. The number of methoxy groups -OCH3 is 1. The third-order valence-electron chi connectivity index (χ3n) is 9.25. The van der Waals surface area contributed by atoms with Crippen LogP contribution in [0, 0.1) is 5.21 Å². The molecule has 2 aromatic carbocycles. The molecule has 4 aromatic rings. The van der Waals surface area contributed by atoms with Crippen LogP contribution in [-0.2, 0) is 28.6 Å². The summed E-state index contributed by atoms with van der Waals surface area (Å²) < 4.78 is 29.1. The second kappa shape index (κ2) is 19.7. The number of nitrogens with one attached hydrogen (secondary N) is 1. The Morgan fingerprint density at radius 2 is 1.61 bits per heavy atom. The van der Waals surface area contributed by atoms with Gasteiger partial charge in [0.25, 0.3) is 5.91 Å². The number of esters is 2. The van der Waals surface area contributed by atoms with Crippen molar-refractivity contribution in [2.45, 2.75) is 77.6 Å². The van der Waals surface area contributed by atoms with Crippen LogP contribution in [0.1, 0.15) is 76.1 Å². The van der Waals surface area contributed by atoms with E-state index < -0.39 is 17.8 Å². The quantitative estimate of drug-likeness (QED) is 0.0301. The molecule has 5 rings (SSSR count). The number of benzene rings is 2. The molecule has 0 saturated carbocycles. The lowest BCUT2D eigenvalue weighted by Crippen LogP contribution is -2.46. The number of ether oxygens (including phenoxy) is 5. The van der Waals surface area contributed by atoms with Crippen LogP contribution in [0.3, 0.4) is 0 Å². The number of aromatic nitrogens is 2. The number of rotatable bonds is 18. The SMILES string of the molecule is COc1c(-c2ccc(-c3ccc(OCCCCOC(=O)CCC[N+](C)(C)CC(=O)OC(C)(C)C)cc3)cc2)nc2cc[n+]([O-])cc2c1C(=O)NOC1CCCCO1. The Bertz CT molecular complexity index is 1970. The third-order valence-corrected chi connectivity index (χ3v) is 9.25. The van der Waals surface area contributed by atoms with Gasteiger partial charge in [-0.1, -0.05) is 36.4 Å². The lowest BCUT2D eigenvalue weighted by molar-refractivity contribution is -0.883. The van der Waals surface area contributed by atoms with Crippen LogP contribution in [0.15, 0.2) is 67.0 Å². The van der Waals surface area contributed by atoms with Crippen molar-refractivity contribution >= 4 is 28.7 Å². The number of quaternary nitrogens is 1. The molecule has 0 spiro atoms. The molecule has 1 fully saturated rings. The van der Waals surface area contributed by atoms with Crippen molar-refractivity contribution in [3.05, 3.63) is 77.8 Å². The number of hydrogen-bond acceptors (Lipinski definition) is 11. The number of likely N-dealkylation sites (N-methyl/N-ethyl adjacent to an activating group) is 1. The van der Waals surface area contributed by atoms with Crippen molar-refractivity contribution in [2.24, 2.45) is 0 Å². The predicted molar refractivity (Wildman–Crippen MR) is 213 cm³/mol. The fraction of sp³-hybridized carbons (Fsp3) is 0.465. The molecule has 14 heteroatoms. The van der Waals surface area contributed by atoms with E-state index in [9.17, 15) is 19.6 Å². The van der Waals surface area contributed by atoms with E-state index in [4.69, 9.17) is 33.5 Å². The normalized spacial score (nSPS) is 14.5. The van der Waals surface area contributed by atoms with Crippen LogP contribution in [0.2, 0.25) is 0 Å². The van der Waals surface area contributed by atoms with E-state index in [0.717, 1.165) is 36.1 Å². The van der Waals surface area contributed by atoms with Gasteiger partial charge < -0.3 is 33.4 Å². The number of hydrogen-bond donors (Lipinski definition) is 1. The molecule has 3 heterocycles. The van der Waals surface area contributed by atoms with E-state index in [0.29, 0.717) is 83.4 Å². The molecular weight excluding hydrogens is 732 g/mol. The topological polar surface area (TPSA) is 158 Å². The minimum absolute atomic E-state index is 0.128. The molecule has 306 valence electrons. The van der Waals surface area contributed by atoms with Gasteiger partial charge in [-0.2, -0.15) is 4.73 Å². The molecule has 1 unspecified atom stereocenters. The van der Waals surface area contributed by atoms with Crippen LogP contribution >= 0.6 is 0 Å². The molecule has 1 N–H and O–H groups in total. The number of carbonyl (C=O) groups is 3. The van der Waals surface area contributed by atoms with Crippen molar-refractivity contribution in [1.82, 2.24) is 10.5 Å². The number of carbonyl (C=O) groups excluding carboxylic acids is 3. The summed E-state index contributed by atoms with van der Waals surface area (Å²) >= 11 is 0. The van der Waals surface area contributed by atoms with Gasteiger partial charge >= 0.3 is 11.9 Å². The Kier molecular flexibility index (Phi) is 14.8. The van der Waals surface area contributed by atoms with Crippen LogP contribution in [0.4, 0.5) is 0 Å². The van der Waals surface area contributed by atoms with E-state index in [2.05, 4.69) is 5.48 Å². The maximum atomic E-state index is 13.5. The van der Waals surface area contributed by atoms with Gasteiger partial charge in [0, 0.05) is 31.1 Å². The summed E-state index contributed by atoms with van der Waals surface area (Å²) in [5, 5.41) is 12.6. The maximum absolute atomic E-state index is 13.5. The average Bonchev–Trinajstić information content (AvgIpc) is 3.17. The number of fused-ring (bicyclic) bond motifs is 1. The monoisotopic (exact) mass is 787 g/mol. The summed E-state index contributed by atoms with van der Waals surface area (Å²) in [4.78, 5) is 48.3. The van der Waals surface area contributed by atoms with Gasteiger partial charge in [-0.25, -0.2) is 20.1 Å². The predicted octanol–water partition coefficient (Wildman–Crippen LogP) is 6.30. The lowest BCUT2D eigenvalue weighted by atomic mass is 10.00. The van der Waals surface area contributed by atoms with Gasteiger partial charge in [0.1, 0.15) is 22.6 Å². The number of amides is 1. The molecule has 1 atom stereocenters. The highest BCUT2D eigenvalue weighted by molar-refractivity contribution is 6.09. The molecule has 14 nitrogen and oxygen atoms in total. The van der Waals surface area contributed by atoms with Crippen molar-refractivity contribution in [3.8, 4) is 33.9 Å². The third kappa shape index (κ3) is 12.9. The first-order chi connectivity index (χ1) is 27.2. The van der Waals surface area contributed by atoms with E-state index in [-0.39, 0.29) is 29.8 Å². The molecule has 57 heavy (non-hydrogen) atoms. The highest BCUT2D eigenvalue weighted by atomic mass is 16.8. The largest absolute Gasteiger partial charge is 0.619 e. The summed E-state index contributed by atoms with van der Waals surface area (Å²) in [6.45, 7) is 7.80. The summed E-state index contributed by atoms with van der Waals surface area (Å²) in [7, 11) is 5.35. The number of pyridine rings is 2. The first kappa shape index (κ1) is 42.8. The molecule has 0 aliphatic carbocycles. The van der Waals surface area contributed by atoms with Crippen LogP contribution in [-0.4, -0.2) is 93.3 Å². The molecule has 2 aromatic heterocycles. The highest BCUT2D eigenvalue weighted by Gasteiger charge is 2.27. The Hall–Kier alpha value is -5.31. The van der Waals surface area contributed by atoms with E-state index in [1.165, 1.54) is 19.5 Å². The highest BCUT2D eigenvalue weighted by Crippen LogP contribution is 2.37. The van der Waals surface area contributed by atoms with Crippen LogP contribution in [0.5, 0.6) is 11.5 Å². The zero-order chi connectivity index (χ0) is 41.0. The van der Waals surface area contributed by atoms with Crippen molar-refractivity contribution in [2.75, 3.05) is 54.1 Å². The van der Waals surface area contributed by atoms with Crippen LogP contribution < -0.4 is 19.7 Å². The Labute approximate surface area is 334 Å².